The predicted molar refractivity (Wildman–Crippen MR) is 69.9 cm³/mol. The summed E-state index contributed by atoms with van der Waals surface area (Å²) >= 11 is 6.14. The SMILES string of the molecule is CCC1C(=O)Nc2c(Cl)cc(C(O)COC)cc21. The number of methoxy groups -OCH3 is 1. The summed E-state index contributed by atoms with van der Waals surface area (Å²) in [5.74, 6) is -0.222. The van der Waals surface area contributed by atoms with Gasteiger partial charge in [-0.3, -0.25) is 4.79 Å². The highest BCUT2D eigenvalue weighted by atomic mass is 35.5. The van der Waals surface area contributed by atoms with Gasteiger partial charge in [-0.2, -0.15) is 0 Å². The van der Waals surface area contributed by atoms with E-state index < -0.39 is 6.10 Å². The Labute approximate surface area is 111 Å². The summed E-state index contributed by atoms with van der Waals surface area (Å²) in [5, 5.41) is 13.2. The Hall–Kier alpha value is -1.10. The second-order valence-electron chi connectivity index (χ2n) is 4.39. The van der Waals surface area contributed by atoms with E-state index in [9.17, 15) is 9.90 Å². The average molecular weight is 270 g/mol. The maximum Gasteiger partial charge on any atom is 0.232 e. The number of anilines is 1. The van der Waals surface area contributed by atoms with Crippen molar-refractivity contribution in [1.82, 2.24) is 0 Å². The largest absolute Gasteiger partial charge is 0.386 e. The van der Waals surface area contributed by atoms with Gasteiger partial charge in [0.05, 0.1) is 23.2 Å². The summed E-state index contributed by atoms with van der Waals surface area (Å²) in [6, 6.07) is 3.50. The molecule has 2 unspecified atom stereocenters. The second kappa shape index (κ2) is 5.26. The van der Waals surface area contributed by atoms with E-state index in [-0.39, 0.29) is 18.4 Å². The van der Waals surface area contributed by atoms with Gasteiger partial charge in [-0.25, -0.2) is 0 Å². The second-order valence-corrected chi connectivity index (χ2v) is 4.80. The van der Waals surface area contributed by atoms with Gasteiger partial charge < -0.3 is 15.2 Å². The van der Waals surface area contributed by atoms with Crippen LogP contribution in [0.1, 0.15) is 36.5 Å². The molecule has 2 N–H and O–H groups in total. The van der Waals surface area contributed by atoms with Crippen molar-refractivity contribution in [1.29, 1.82) is 0 Å². The van der Waals surface area contributed by atoms with E-state index in [4.69, 9.17) is 16.3 Å². The normalized spacial score (nSPS) is 19.6. The molecule has 0 fully saturated rings. The molecule has 0 saturated heterocycles. The fourth-order valence-corrected chi connectivity index (χ4v) is 2.54. The molecule has 1 aromatic carbocycles. The number of hydrogen-bond donors (Lipinski definition) is 2. The van der Waals surface area contributed by atoms with Crippen LogP contribution in [0.4, 0.5) is 5.69 Å². The first-order valence-electron chi connectivity index (χ1n) is 5.89. The Kier molecular flexibility index (Phi) is 3.90. The highest BCUT2D eigenvalue weighted by molar-refractivity contribution is 6.34. The molecule has 18 heavy (non-hydrogen) atoms. The molecule has 0 saturated carbocycles. The van der Waals surface area contributed by atoms with Crippen molar-refractivity contribution >= 4 is 23.2 Å². The van der Waals surface area contributed by atoms with E-state index >= 15 is 0 Å². The number of fused-ring (bicyclic) bond motifs is 1. The molecule has 0 aliphatic carbocycles. The number of carbonyl (C=O) groups excluding carboxylic acids is 1. The van der Waals surface area contributed by atoms with Crippen LogP contribution in [-0.2, 0) is 9.53 Å². The van der Waals surface area contributed by atoms with Crippen LogP contribution in [0.5, 0.6) is 0 Å². The standard InChI is InChI=1S/C13H16ClNO3/c1-3-8-9-4-7(11(16)6-18-2)5-10(14)12(9)15-13(8)17/h4-5,8,11,16H,3,6H2,1-2H3,(H,15,17). The molecule has 0 radical (unpaired) electrons. The summed E-state index contributed by atoms with van der Waals surface area (Å²) in [4.78, 5) is 11.8. The number of amides is 1. The molecular weight excluding hydrogens is 254 g/mol. The molecule has 0 bridgehead atoms. The maximum absolute atomic E-state index is 11.8. The number of halogens is 1. The predicted octanol–water partition coefficient (Wildman–Crippen LogP) is 2.47. The van der Waals surface area contributed by atoms with Crippen molar-refractivity contribution in [2.24, 2.45) is 0 Å². The molecule has 5 heteroatoms. The van der Waals surface area contributed by atoms with Crippen molar-refractivity contribution in [2.45, 2.75) is 25.4 Å². The van der Waals surface area contributed by atoms with E-state index in [1.807, 2.05) is 13.0 Å². The Morgan fingerprint density at radius 1 is 1.56 bits per heavy atom. The van der Waals surface area contributed by atoms with Gasteiger partial charge in [0, 0.05) is 7.11 Å². The van der Waals surface area contributed by atoms with Crippen LogP contribution >= 0.6 is 11.6 Å². The van der Waals surface area contributed by atoms with Gasteiger partial charge >= 0.3 is 0 Å². The van der Waals surface area contributed by atoms with E-state index in [0.717, 1.165) is 5.56 Å². The van der Waals surface area contributed by atoms with E-state index in [1.165, 1.54) is 7.11 Å². The van der Waals surface area contributed by atoms with Crippen LogP contribution in [0, 0.1) is 0 Å². The Balaban J connectivity index is 2.42. The van der Waals surface area contributed by atoms with E-state index in [1.54, 1.807) is 6.07 Å². The number of carbonyl (C=O) groups is 1. The number of hydrogen-bond acceptors (Lipinski definition) is 3. The van der Waals surface area contributed by atoms with Crippen molar-refractivity contribution in [3.05, 3.63) is 28.3 Å². The Morgan fingerprint density at radius 3 is 2.89 bits per heavy atom. The molecule has 0 spiro atoms. The smallest absolute Gasteiger partial charge is 0.232 e. The fourth-order valence-electron chi connectivity index (χ4n) is 2.26. The number of aliphatic hydroxyl groups excluding tert-OH is 1. The lowest BCUT2D eigenvalue weighted by Gasteiger charge is -2.13. The van der Waals surface area contributed by atoms with E-state index in [2.05, 4.69) is 5.32 Å². The first-order valence-corrected chi connectivity index (χ1v) is 6.27. The number of aliphatic hydroxyl groups is 1. The molecule has 4 nitrogen and oxygen atoms in total. The highest BCUT2D eigenvalue weighted by Crippen LogP contribution is 2.41. The topological polar surface area (TPSA) is 58.6 Å². The van der Waals surface area contributed by atoms with Crippen molar-refractivity contribution < 1.29 is 14.6 Å². The lowest BCUT2D eigenvalue weighted by atomic mass is 9.95. The van der Waals surface area contributed by atoms with Crippen LogP contribution in [0.15, 0.2) is 12.1 Å². The van der Waals surface area contributed by atoms with Crippen molar-refractivity contribution in [2.75, 3.05) is 19.0 Å². The Morgan fingerprint density at radius 2 is 2.28 bits per heavy atom. The zero-order chi connectivity index (χ0) is 13.3. The van der Waals surface area contributed by atoms with E-state index in [0.29, 0.717) is 22.7 Å². The minimum Gasteiger partial charge on any atom is -0.386 e. The van der Waals surface area contributed by atoms with Crippen molar-refractivity contribution in [3.63, 3.8) is 0 Å². The van der Waals surface area contributed by atoms with Gasteiger partial charge in [-0.1, -0.05) is 24.6 Å². The molecule has 2 rings (SSSR count). The van der Waals surface area contributed by atoms with Crippen LogP contribution in [-0.4, -0.2) is 24.7 Å². The number of nitrogens with one attached hydrogen (secondary N) is 1. The number of ether oxygens (including phenoxy) is 1. The van der Waals surface area contributed by atoms with Gasteiger partial charge in [0.25, 0.3) is 0 Å². The third-order valence-corrected chi connectivity index (χ3v) is 3.50. The highest BCUT2D eigenvalue weighted by Gasteiger charge is 2.31. The third-order valence-electron chi connectivity index (χ3n) is 3.20. The lowest BCUT2D eigenvalue weighted by molar-refractivity contribution is -0.117. The van der Waals surface area contributed by atoms with Gasteiger partial charge in [0.2, 0.25) is 5.91 Å². The molecule has 98 valence electrons. The molecule has 0 aromatic heterocycles. The summed E-state index contributed by atoms with van der Waals surface area (Å²) in [6.45, 7) is 2.15. The Bertz CT molecular complexity index is 476. The summed E-state index contributed by atoms with van der Waals surface area (Å²) < 4.78 is 4.92. The fraction of sp³-hybridized carbons (Fsp3) is 0.462. The number of rotatable bonds is 4. The summed E-state index contributed by atoms with van der Waals surface area (Å²) in [5.41, 5.74) is 2.21. The molecule has 2 atom stereocenters. The molecular formula is C13H16ClNO3. The first kappa shape index (κ1) is 13.3. The quantitative estimate of drug-likeness (QED) is 0.883. The molecule has 1 aliphatic rings. The van der Waals surface area contributed by atoms with Crippen LogP contribution in [0.2, 0.25) is 5.02 Å². The van der Waals surface area contributed by atoms with Gasteiger partial charge in [0.1, 0.15) is 6.10 Å². The minimum absolute atomic E-state index is 0.0345. The summed E-state index contributed by atoms with van der Waals surface area (Å²) in [7, 11) is 1.53. The zero-order valence-electron chi connectivity index (χ0n) is 10.4. The average Bonchev–Trinajstić information content (AvgIpc) is 2.65. The maximum atomic E-state index is 11.8. The first-order chi connectivity index (χ1) is 8.58. The molecule has 1 heterocycles. The zero-order valence-corrected chi connectivity index (χ0v) is 11.1. The lowest BCUT2D eigenvalue weighted by Crippen LogP contribution is -2.10. The van der Waals surface area contributed by atoms with Gasteiger partial charge in [0.15, 0.2) is 0 Å². The van der Waals surface area contributed by atoms with Crippen molar-refractivity contribution in [3.8, 4) is 0 Å². The monoisotopic (exact) mass is 269 g/mol. The molecule has 1 amide bonds. The van der Waals surface area contributed by atoms with Crippen LogP contribution in [0.3, 0.4) is 0 Å². The summed E-state index contributed by atoms with van der Waals surface area (Å²) in [6.07, 6.45) is -0.0232. The molecule has 1 aliphatic heterocycles. The van der Waals surface area contributed by atoms with Gasteiger partial charge in [-0.05, 0) is 23.6 Å². The third kappa shape index (κ3) is 2.23. The van der Waals surface area contributed by atoms with Gasteiger partial charge in [-0.15, -0.1) is 0 Å². The molecule has 1 aromatic rings. The number of benzene rings is 1. The minimum atomic E-state index is -0.731. The van der Waals surface area contributed by atoms with Crippen LogP contribution in [0.25, 0.3) is 0 Å². The van der Waals surface area contributed by atoms with Crippen LogP contribution < -0.4 is 5.32 Å².